The molecule has 126 valence electrons. The number of carbonyl (C=O) groups excluding carboxylic acids is 1. The van der Waals surface area contributed by atoms with Gasteiger partial charge in [0.15, 0.2) is 11.6 Å². The van der Waals surface area contributed by atoms with Gasteiger partial charge in [-0.05, 0) is 31.7 Å². The molecule has 1 aromatic carbocycles. The summed E-state index contributed by atoms with van der Waals surface area (Å²) in [4.78, 5) is 12.1. The average molecular weight is 345 g/mol. The lowest BCUT2D eigenvalue weighted by atomic mass is 9.89. The van der Waals surface area contributed by atoms with E-state index in [1.165, 1.54) is 0 Å². The lowest BCUT2D eigenvalue weighted by molar-refractivity contribution is -0.0818. The number of nitrogens with one attached hydrogen (secondary N) is 2. The van der Waals surface area contributed by atoms with E-state index in [4.69, 9.17) is 16.3 Å². The molecule has 1 spiro atoms. The van der Waals surface area contributed by atoms with E-state index in [9.17, 15) is 13.6 Å². The molecule has 1 heterocycles. The normalized spacial score (nSPS) is 23.0. The molecule has 2 amide bonds. The van der Waals surface area contributed by atoms with Gasteiger partial charge in [0.2, 0.25) is 0 Å². The van der Waals surface area contributed by atoms with Crippen molar-refractivity contribution >= 4 is 23.3 Å². The Morgan fingerprint density at radius 3 is 2.70 bits per heavy atom. The summed E-state index contributed by atoms with van der Waals surface area (Å²) in [5.41, 5.74) is -0.0544. The maximum atomic E-state index is 13.2. The average Bonchev–Trinajstić information content (AvgIpc) is 2.92. The summed E-state index contributed by atoms with van der Waals surface area (Å²) in [7, 11) is 0. The molecule has 0 aromatic heterocycles. The number of carbonyl (C=O) groups is 1. The minimum atomic E-state index is -1.05. The van der Waals surface area contributed by atoms with Crippen LogP contribution in [0.3, 0.4) is 0 Å². The molecule has 1 aromatic rings. The number of hydrogen-bond donors (Lipinski definition) is 2. The van der Waals surface area contributed by atoms with Crippen LogP contribution in [-0.4, -0.2) is 24.3 Å². The zero-order chi connectivity index (χ0) is 16.4. The Labute approximate surface area is 138 Å². The number of amides is 2. The van der Waals surface area contributed by atoms with Crippen molar-refractivity contribution in [1.29, 1.82) is 0 Å². The highest BCUT2D eigenvalue weighted by Crippen LogP contribution is 2.40. The highest BCUT2D eigenvalue weighted by atomic mass is 35.5. The van der Waals surface area contributed by atoms with Crippen LogP contribution < -0.4 is 10.6 Å². The molecule has 4 nitrogen and oxygen atoms in total. The molecular formula is C16H19ClF2N2O2. The van der Waals surface area contributed by atoms with Gasteiger partial charge in [0, 0.05) is 18.7 Å². The van der Waals surface area contributed by atoms with Crippen molar-refractivity contribution in [3.05, 3.63) is 28.8 Å². The molecule has 2 fully saturated rings. The number of ether oxygens (including phenoxy) is 1. The van der Waals surface area contributed by atoms with Crippen LogP contribution in [0, 0.1) is 11.6 Å². The third-order valence-electron chi connectivity index (χ3n) is 4.60. The molecule has 0 unspecified atom stereocenters. The Bertz CT molecular complexity index is 606. The smallest absolute Gasteiger partial charge is 0.319 e. The molecule has 3 rings (SSSR count). The monoisotopic (exact) mass is 344 g/mol. The fourth-order valence-corrected chi connectivity index (χ4v) is 3.68. The zero-order valence-electron chi connectivity index (χ0n) is 12.6. The predicted molar refractivity (Wildman–Crippen MR) is 83.7 cm³/mol. The van der Waals surface area contributed by atoms with Crippen molar-refractivity contribution < 1.29 is 18.3 Å². The van der Waals surface area contributed by atoms with Crippen LogP contribution in [0.2, 0.25) is 5.02 Å². The fourth-order valence-electron chi connectivity index (χ4n) is 3.48. The summed E-state index contributed by atoms with van der Waals surface area (Å²) < 4.78 is 32.2. The van der Waals surface area contributed by atoms with Crippen LogP contribution in [0.15, 0.2) is 12.1 Å². The fraction of sp³-hybridized carbons (Fsp3) is 0.562. The molecule has 2 aliphatic rings. The Balaban J connectivity index is 1.60. The third kappa shape index (κ3) is 3.75. The Morgan fingerprint density at radius 1 is 1.26 bits per heavy atom. The summed E-state index contributed by atoms with van der Waals surface area (Å²) in [6.07, 6.45) is 5.89. The van der Waals surface area contributed by atoms with Gasteiger partial charge in [0.05, 0.1) is 16.3 Å². The second-order valence-corrected chi connectivity index (χ2v) is 6.68. The van der Waals surface area contributed by atoms with Gasteiger partial charge in [-0.3, -0.25) is 0 Å². The number of anilines is 1. The lowest BCUT2D eigenvalue weighted by Gasteiger charge is -2.38. The van der Waals surface area contributed by atoms with Gasteiger partial charge in [0.1, 0.15) is 0 Å². The van der Waals surface area contributed by atoms with Crippen LogP contribution in [0.5, 0.6) is 0 Å². The minimum Gasteiger partial charge on any atom is -0.375 e. The van der Waals surface area contributed by atoms with Gasteiger partial charge in [-0.15, -0.1) is 0 Å². The number of benzene rings is 1. The summed E-state index contributed by atoms with van der Waals surface area (Å²) in [6.45, 7) is 0.622. The van der Waals surface area contributed by atoms with Crippen molar-refractivity contribution in [2.75, 3.05) is 11.9 Å². The molecule has 0 bridgehead atoms. The largest absolute Gasteiger partial charge is 0.375 e. The first kappa shape index (κ1) is 16.5. The van der Waals surface area contributed by atoms with Crippen molar-refractivity contribution in [1.82, 2.24) is 5.32 Å². The number of rotatable bonds is 2. The van der Waals surface area contributed by atoms with E-state index in [1.807, 2.05) is 0 Å². The summed E-state index contributed by atoms with van der Waals surface area (Å²) in [5.74, 6) is -2.10. The van der Waals surface area contributed by atoms with Gasteiger partial charge in [-0.25, -0.2) is 13.6 Å². The summed E-state index contributed by atoms with van der Waals surface area (Å²) in [6, 6.07) is 1.25. The van der Waals surface area contributed by atoms with E-state index in [2.05, 4.69) is 10.6 Å². The van der Waals surface area contributed by atoms with Gasteiger partial charge >= 0.3 is 6.03 Å². The predicted octanol–water partition coefficient (Wildman–Crippen LogP) is 4.23. The van der Waals surface area contributed by atoms with E-state index >= 15 is 0 Å². The van der Waals surface area contributed by atoms with Crippen molar-refractivity contribution in [2.45, 2.75) is 50.2 Å². The van der Waals surface area contributed by atoms with Crippen LogP contribution >= 0.6 is 11.6 Å². The number of halogens is 3. The Morgan fingerprint density at radius 2 is 1.96 bits per heavy atom. The molecular weight excluding hydrogens is 326 g/mol. The first-order valence-electron chi connectivity index (χ1n) is 7.83. The Kier molecular flexibility index (Phi) is 4.73. The molecule has 1 aliphatic carbocycles. The van der Waals surface area contributed by atoms with Gasteiger partial charge in [-0.2, -0.15) is 0 Å². The van der Waals surface area contributed by atoms with Crippen LogP contribution in [0.1, 0.15) is 38.5 Å². The molecule has 7 heteroatoms. The lowest BCUT2D eigenvalue weighted by Crippen LogP contribution is -2.48. The standard InChI is InChI=1S/C16H19ClF2N2O2/c17-11-7-12(18)13(19)8-14(11)21-15(22)20-10-3-6-23-16(9-10)4-1-2-5-16/h7-8,10H,1-6,9H2,(H2,20,21,22)/t10-/m1/s1. The van der Waals surface area contributed by atoms with Crippen LogP contribution in [0.4, 0.5) is 19.3 Å². The first-order valence-corrected chi connectivity index (χ1v) is 8.21. The third-order valence-corrected chi connectivity index (χ3v) is 4.91. The highest BCUT2D eigenvalue weighted by Gasteiger charge is 2.40. The van der Waals surface area contributed by atoms with Crippen molar-refractivity contribution in [2.24, 2.45) is 0 Å². The number of urea groups is 1. The SMILES string of the molecule is O=C(Nc1cc(F)c(F)cc1Cl)N[C@@H]1CCOC2(CCCC2)C1. The maximum absolute atomic E-state index is 13.2. The molecule has 1 saturated carbocycles. The molecule has 23 heavy (non-hydrogen) atoms. The van der Waals surface area contributed by atoms with E-state index in [0.29, 0.717) is 6.61 Å². The molecule has 1 saturated heterocycles. The van der Waals surface area contributed by atoms with E-state index in [-0.39, 0.29) is 22.4 Å². The summed E-state index contributed by atoms with van der Waals surface area (Å²) in [5, 5.41) is 5.31. The van der Waals surface area contributed by atoms with Gasteiger partial charge < -0.3 is 15.4 Å². The van der Waals surface area contributed by atoms with Crippen LogP contribution in [0.25, 0.3) is 0 Å². The topological polar surface area (TPSA) is 50.4 Å². The second kappa shape index (κ2) is 6.61. The number of hydrogen-bond acceptors (Lipinski definition) is 2. The minimum absolute atomic E-state index is 0.00548. The van der Waals surface area contributed by atoms with E-state index in [0.717, 1.165) is 50.7 Å². The molecule has 0 radical (unpaired) electrons. The Hall–Kier alpha value is -1.40. The van der Waals surface area contributed by atoms with Gasteiger partial charge in [-0.1, -0.05) is 24.4 Å². The van der Waals surface area contributed by atoms with E-state index in [1.54, 1.807) is 0 Å². The van der Waals surface area contributed by atoms with Crippen molar-refractivity contribution in [3.8, 4) is 0 Å². The van der Waals surface area contributed by atoms with Gasteiger partial charge in [0.25, 0.3) is 0 Å². The summed E-state index contributed by atoms with van der Waals surface area (Å²) >= 11 is 5.82. The molecule has 2 N–H and O–H groups in total. The molecule has 1 atom stereocenters. The molecule has 1 aliphatic heterocycles. The second-order valence-electron chi connectivity index (χ2n) is 6.27. The quantitative estimate of drug-likeness (QED) is 0.789. The zero-order valence-corrected chi connectivity index (χ0v) is 13.4. The van der Waals surface area contributed by atoms with E-state index < -0.39 is 17.7 Å². The van der Waals surface area contributed by atoms with Crippen molar-refractivity contribution in [3.63, 3.8) is 0 Å². The first-order chi connectivity index (χ1) is 11.0. The maximum Gasteiger partial charge on any atom is 0.319 e. The highest BCUT2D eigenvalue weighted by molar-refractivity contribution is 6.33. The van der Waals surface area contributed by atoms with Crippen LogP contribution in [-0.2, 0) is 4.74 Å².